The standard InChI is InChI=1S/C12H8NO7PS/c14-13(15)10-7-5-9(6-8-10)11-3-1-2-4-12(11)20-22(18,19)21(16)17/h1-8H. The fourth-order valence-corrected chi connectivity index (χ4v) is 2.54. The number of benzene rings is 2. The smallest absolute Gasteiger partial charge is 0.372 e. The first-order valence-corrected chi connectivity index (χ1v) is 8.93. The molecule has 0 heterocycles. The van der Waals surface area contributed by atoms with E-state index in [1.807, 2.05) is 0 Å². The molecular weight excluding hydrogens is 333 g/mol. The number of hydrogen-bond acceptors (Lipinski definition) is 7. The molecule has 2 aromatic carbocycles. The molecule has 0 radical (unpaired) electrons. The highest BCUT2D eigenvalue weighted by molar-refractivity contribution is 8.39. The highest BCUT2D eigenvalue weighted by atomic mass is 32.8. The van der Waals surface area contributed by atoms with E-state index in [1.54, 1.807) is 6.07 Å². The summed E-state index contributed by atoms with van der Waals surface area (Å²) in [6.07, 6.45) is 0. The zero-order chi connectivity index (χ0) is 16.3. The molecule has 0 aliphatic rings. The van der Waals surface area contributed by atoms with E-state index in [0.29, 0.717) is 5.56 Å². The van der Waals surface area contributed by atoms with Crippen molar-refractivity contribution in [1.82, 2.24) is 0 Å². The van der Waals surface area contributed by atoms with Gasteiger partial charge in [-0.1, -0.05) is 18.2 Å². The first-order chi connectivity index (χ1) is 10.3. The van der Waals surface area contributed by atoms with Crippen LogP contribution in [0.5, 0.6) is 5.75 Å². The highest BCUT2D eigenvalue weighted by Gasteiger charge is 2.22. The summed E-state index contributed by atoms with van der Waals surface area (Å²) < 4.78 is 48.5. The fourth-order valence-electron chi connectivity index (χ4n) is 1.68. The van der Waals surface area contributed by atoms with Crippen molar-refractivity contribution in [3.63, 3.8) is 0 Å². The summed E-state index contributed by atoms with van der Waals surface area (Å²) in [5.74, 6) is -0.185. The maximum absolute atomic E-state index is 11.3. The van der Waals surface area contributed by atoms with Crippen molar-refractivity contribution in [2.75, 3.05) is 0 Å². The molecule has 0 amide bonds. The van der Waals surface area contributed by atoms with Gasteiger partial charge < -0.3 is 4.18 Å². The summed E-state index contributed by atoms with van der Waals surface area (Å²) in [6.45, 7) is -3.80. The molecule has 0 aromatic heterocycles. The number of nitro groups is 1. The van der Waals surface area contributed by atoms with Gasteiger partial charge in [0.25, 0.3) is 5.69 Å². The van der Waals surface area contributed by atoms with E-state index >= 15 is 0 Å². The molecule has 0 spiro atoms. The van der Waals surface area contributed by atoms with Crippen LogP contribution in [0, 0.1) is 10.1 Å². The van der Waals surface area contributed by atoms with E-state index in [1.165, 1.54) is 42.5 Å². The van der Waals surface area contributed by atoms with E-state index in [4.69, 9.17) is 0 Å². The molecule has 0 saturated heterocycles. The van der Waals surface area contributed by atoms with Crippen molar-refractivity contribution in [3.05, 3.63) is 58.6 Å². The molecule has 0 atom stereocenters. The van der Waals surface area contributed by atoms with Gasteiger partial charge in [-0.3, -0.25) is 10.1 Å². The van der Waals surface area contributed by atoms with Gasteiger partial charge in [0.15, 0.2) is 5.75 Å². The van der Waals surface area contributed by atoms with Crippen molar-refractivity contribution in [2.45, 2.75) is 0 Å². The third-order valence-corrected chi connectivity index (χ3v) is 4.73. The van der Waals surface area contributed by atoms with Gasteiger partial charge in [0.1, 0.15) is 0 Å². The average Bonchev–Trinajstić information content (AvgIpc) is 2.47. The summed E-state index contributed by atoms with van der Waals surface area (Å²) in [5.41, 5.74) is 0.604. The lowest BCUT2D eigenvalue weighted by atomic mass is 10.0. The lowest BCUT2D eigenvalue weighted by molar-refractivity contribution is -0.384. The maximum atomic E-state index is 11.3. The Bertz CT molecular complexity index is 880. The van der Waals surface area contributed by atoms with Crippen LogP contribution >= 0.6 is 6.88 Å². The second kappa shape index (κ2) is 6.08. The van der Waals surface area contributed by atoms with Crippen LogP contribution in [0.1, 0.15) is 0 Å². The van der Waals surface area contributed by atoms with Crippen LogP contribution in [0.25, 0.3) is 11.1 Å². The third-order valence-electron chi connectivity index (χ3n) is 2.65. The predicted molar refractivity (Wildman–Crippen MR) is 76.4 cm³/mol. The van der Waals surface area contributed by atoms with Gasteiger partial charge in [-0.05, 0) is 23.8 Å². The van der Waals surface area contributed by atoms with Crippen LogP contribution in [0.2, 0.25) is 0 Å². The van der Waals surface area contributed by atoms with Gasteiger partial charge in [-0.2, -0.15) is 8.42 Å². The molecule has 0 saturated carbocycles. The van der Waals surface area contributed by atoms with Gasteiger partial charge in [0, 0.05) is 17.7 Å². The Labute approximate surface area is 125 Å². The molecule has 0 N–H and O–H groups in total. The van der Waals surface area contributed by atoms with Crippen molar-refractivity contribution in [3.8, 4) is 16.9 Å². The van der Waals surface area contributed by atoms with Crippen molar-refractivity contribution < 1.29 is 26.7 Å². The van der Waals surface area contributed by atoms with E-state index in [0.717, 1.165) is 0 Å². The summed E-state index contributed by atoms with van der Waals surface area (Å²) in [4.78, 5) is 10.0. The number of nitrogens with zero attached hydrogens (tertiary/aromatic N) is 1. The molecule has 10 heteroatoms. The highest BCUT2D eigenvalue weighted by Crippen LogP contribution is 2.33. The van der Waals surface area contributed by atoms with Crippen LogP contribution in [0.3, 0.4) is 0 Å². The second-order valence-electron chi connectivity index (χ2n) is 4.03. The Morgan fingerprint density at radius 2 is 1.59 bits per heavy atom. The molecule has 8 nitrogen and oxygen atoms in total. The average molecular weight is 341 g/mol. The van der Waals surface area contributed by atoms with Gasteiger partial charge in [0.2, 0.25) is 0 Å². The number of nitro benzene ring substituents is 1. The molecule has 2 rings (SSSR count). The molecule has 0 bridgehead atoms. The SMILES string of the molecule is O=[N+]([O-])c1ccc(-c2ccccc2OS(=O)(=O)P(=O)=O)cc1. The Morgan fingerprint density at radius 1 is 1.00 bits per heavy atom. The first-order valence-electron chi connectivity index (χ1n) is 5.74. The lowest BCUT2D eigenvalue weighted by Gasteiger charge is -2.08. The maximum Gasteiger partial charge on any atom is 0.475 e. The second-order valence-corrected chi connectivity index (χ2v) is 7.74. The topological polar surface area (TPSA) is 121 Å². The molecular formula is C12H8NO7PS. The van der Waals surface area contributed by atoms with Crippen LogP contribution in [-0.2, 0) is 18.9 Å². The van der Waals surface area contributed by atoms with Gasteiger partial charge >= 0.3 is 16.6 Å². The lowest BCUT2D eigenvalue weighted by Crippen LogP contribution is -2.02. The molecule has 114 valence electrons. The number of hydrogen-bond donors (Lipinski definition) is 0. The molecule has 0 aliphatic carbocycles. The minimum atomic E-state index is -4.76. The minimum Gasteiger partial charge on any atom is -0.372 e. The van der Waals surface area contributed by atoms with E-state index in [2.05, 4.69) is 4.18 Å². The summed E-state index contributed by atoms with van der Waals surface area (Å²) in [7, 11) is -4.76. The zero-order valence-electron chi connectivity index (χ0n) is 10.8. The van der Waals surface area contributed by atoms with Gasteiger partial charge in [0.05, 0.1) is 4.92 Å². The summed E-state index contributed by atoms with van der Waals surface area (Å²) in [6, 6.07) is 11.2. The van der Waals surface area contributed by atoms with Crippen LogP contribution < -0.4 is 4.18 Å². The summed E-state index contributed by atoms with van der Waals surface area (Å²) in [5, 5.41) is 10.6. The third kappa shape index (κ3) is 3.38. The van der Waals surface area contributed by atoms with Crippen LogP contribution in [0.4, 0.5) is 5.69 Å². The van der Waals surface area contributed by atoms with Crippen LogP contribution in [-0.4, -0.2) is 13.3 Å². The Morgan fingerprint density at radius 3 is 2.14 bits per heavy atom. The molecule has 0 aliphatic heterocycles. The number of para-hydroxylation sites is 1. The minimum absolute atomic E-state index is 0.127. The van der Waals surface area contributed by atoms with Gasteiger partial charge in [-0.25, -0.2) is 9.13 Å². The number of rotatable bonds is 5. The monoisotopic (exact) mass is 341 g/mol. The normalized spacial score (nSPS) is 10.9. The Balaban J connectivity index is 2.46. The molecule has 0 unspecified atom stereocenters. The number of non-ortho nitro benzene ring substituents is 1. The van der Waals surface area contributed by atoms with Crippen LogP contribution in [0.15, 0.2) is 48.5 Å². The summed E-state index contributed by atoms with van der Waals surface area (Å²) >= 11 is 0. The van der Waals surface area contributed by atoms with E-state index < -0.39 is 21.5 Å². The fraction of sp³-hybridized carbons (Fsp3) is 0. The zero-order valence-corrected chi connectivity index (χ0v) is 12.5. The van der Waals surface area contributed by atoms with E-state index in [9.17, 15) is 27.7 Å². The van der Waals surface area contributed by atoms with Crippen molar-refractivity contribution in [1.29, 1.82) is 0 Å². The predicted octanol–water partition coefficient (Wildman–Crippen LogP) is 3.06. The quantitative estimate of drug-likeness (QED) is 0.465. The molecule has 2 aromatic rings. The molecule has 22 heavy (non-hydrogen) atoms. The first kappa shape index (κ1) is 15.9. The van der Waals surface area contributed by atoms with E-state index in [-0.39, 0.29) is 17.0 Å². The Kier molecular flexibility index (Phi) is 4.39. The van der Waals surface area contributed by atoms with Gasteiger partial charge in [-0.15, -0.1) is 0 Å². The van der Waals surface area contributed by atoms with Crippen molar-refractivity contribution >= 4 is 22.3 Å². The van der Waals surface area contributed by atoms with Crippen molar-refractivity contribution in [2.24, 2.45) is 0 Å². The Hall–Kier alpha value is -2.51. The molecule has 0 fully saturated rings. The largest absolute Gasteiger partial charge is 0.475 e.